The fraction of sp³-hybridized carbons (Fsp3) is 0.857. The average Bonchev–Trinajstić information content (AvgIpc) is 2.38. The molecule has 1 amide bonds. The number of rotatable bonds is 6. The van der Waals surface area contributed by atoms with Crippen molar-refractivity contribution in [3.8, 4) is 0 Å². The molecule has 1 aliphatic rings. The van der Waals surface area contributed by atoms with Crippen LogP contribution in [-0.2, 0) is 14.3 Å². The van der Waals surface area contributed by atoms with Crippen molar-refractivity contribution in [2.45, 2.75) is 26.8 Å². The van der Waals surface area contributed by atoms with Crippen molar-refractivity contribution in [1.29, 1.82) is 0 Å². The Morgan fingerprint density at radius 1 is 1.10 bits per heavy atom. The topological polar surface area (TPSA) is 61.9 Å². The van der Waals surface area contributed by atoms with Gasteiger partial charge in [-0.05, 0) is 5.92 Å². The highest BCUT2D eigenvalue weighted by Crippen LogP contribution is 2.06. The second-order valence-electron chi connectivity index (χ2n) is 5.77. The van der Waals surface area contributed by atoms with Gasteiger partial charge in [-0.15, -0.1) is 0 Å². The van der Waals surface area contributed by atoms with Crippen molar-refractivity contribution < 1.29 is 14.3 Å². The first-order valence-electron chi connectivity index (χ1n) is 7.22. The molecular weight excluding hydrogens is 258 g/mol. The Balaban J connectivity index is 2.43. The lowest BCUT2D eigenvalue weighted by Gasteiger charge is -2.36. The predicted octanol–water partition coefficient (Wildman–Crippen LogP) is -0.0623. The van der Waals surface area contributed by atoms with Gasteiger partial charge in [0, 0.05) is 46.2 Å². The van der Waals surface area contributed by atoms with Crippen LogP contribution in [0.3, 0.4) is 0 Å². The minimum atomic E-state index is -0.575. The van der Waals surface area contributed by atoms with Crippen LogP contribution in [0.4, 0.5) is 0 Å². The fourth-order valence-electron chi connectivity index (χ4n) is 2.50. The number of carbonyl (C=O) groups excluding carboxylic acids is 2. The Bertz CT molecular complexity index is 326. The second-order valence-corrected chi connectivity index (χ2v) is 5.77. The third kappa shape index (κ3) is 5.88. The monoisotopic (exact) mass is 285 g/mol. The number of carbonyl (C=O) groups is 2. The maximum Gasteiger partial charge on any atom is 0.329 e. The third-order valence-corrected chi connectivity index (χ3v) is 3.39. The normalized spacial score (nSPS) is 18.9. The van der Waals surface area contributed by atoms with E-state index < -0.39 is 6.04 Å². The van der Waals surface area contributed by atoms with Gasteiger partial charge in [0.15, 0.2) is 0 Å². The zero-order chi connectivity index (χ0) is 15.1. The van der Waals surface area contributed by atoms with E-state index in [2.05, 4.69) is 29.0 Å². The van der Waals surface area contributed by atoms with Crippen LogP contribution in [0, 0.1) is 5.92 Å². The van der Waals surface area contributed by atoms with Crippen LogP contribution in [-0.4, -0.2) is 74.1 Å². The van der Waals surface area contributed by atoms with Gasteiger partial charge in [-0.2, -0.15) is 0 Å². The Hall–Kier alpha value is -1.14. The molecule has 1 heterocycles. The quantitative estimate of drug-likeness (QED) is 0.693. The summed E-state index contributed by atoms with van der Waals surface area (Å²) >= 11 is 0. The lowest BCUT2D eigenvalue weighted by atomic mass is 10.2. The lowest BCUT2D eigenvalue weighted by molar-refractivity contribution is -0.145. The molecule has 1 N–H and O–H groups in total. The van der Waals surface area contributed by atoms with Crippen LogP contribution in [0.25, 0.3) is 0 Å². The summed E-state index contributed by atoms with van der Waals surface area (Å²) in [5, 5.41) is 2.65. The third-order valence-electron chi connectivity index (χ3n) is 3.39. The molecule has 0 aliphatic carbocycles. The number of amides is 1. The minimum absolute atomic E-state index is 0.209. The number of piperazine rings is 1. The summed E-state index contributed by atoms with van der Waals surface area (Å²) < 4.78 is 4.74. The molecule has 20 heavy (non-hydrogen) atoms. The Kier molecular flexibility index (Phi) is 6.95. The molecule has 1 atom stereocenters. The minimum Gasteiger partial charge on any atom is -0.467 e. The molecule has 6 heteroatoms. The molecular formula is C14H27N3O3. The summed E-state index contributed by atoms with van der Waals surface area (Å²) in [5.41, 5.74) is 0. The van der Waals surface area contributed by atoms with E-state index in [1.807, 2.05) is 0 Å². The number of methoxy groups -OCH3 is 1. The summed E-state index contributed by atoms with van der Waals surface area (Å²) in [6, 6.07) is -0.575. The predicted molar refractivity (Wildman–Crippen MR) is 77.3 cm³/mol. The summed E-state index contributed by atoms with van der Waals surface area (Å²) in [6.45, 7) is 11.3. The zero-order valence-electron chi connectivity index (χ0n) is 13.0. The van der Waals surface area contributed by atoms with E-state index >= 15 is 0 Å². The summed E-state index contributed by atoms with van der Waals surface area (Å²) in [7, 11) is 1.34. The van der Waals surface area contributed by atoms with Gasteiger partial charge in [-0.25, -0.2) is 4.79 Å². The molecule has 0 saturated carbocycles. The Morgan fingerprint density at radius 3 is 2.00 bits per heavy atom. The zero-order valence-corrected chi connectivity index (χ0v) is 13.0. The number of nitrogens with one attached hydrogen (secondary N) is 1. The fourth-order valence-corrected chi connectivity index (χ4v) is 2.50. The molecule has 1 aliphatic heterocycles. The number of ether oxygens (including phenoxy) is 1. The van der Waals surface area contributed by atoms with Gasteiger partial charge >= 0.3 is 5.97 Å². The van der Waals surface area contributed by atoms with E-state index in [0.29, 0.717) is 12.5 Å². The van der Waals surface area contributed by atoms with Crippen molar-refractivity contribution in [3.05, 3.63) is 0 Å². The lowest BCUT2D eigenvalue weighted by Crippen LogP contribution is -2.54. The molecule has 6 nitrogen and oxygen atoms in total. The van der Waals surface area contributed by atoms with E-state index in [9.17, 15) is 9.59 Å². The largest absolute Gasteiger partial charge is 0.467 e. The number of nitrogens with zero attached hydrogens (tertiary/aromatic N) is 2. The van der Waals surface area contributed by atoms with Gasteiger partial charge in [-0.1, -0.05) is 13.8 Å². The molecule has 116 valence electrons. The SMILES string of the molecule is COC(=O)C(CN1CCN(CC(C)C)CC1)NC(C)=O. The van der Waals surface area contributed by atoms with Crippen LogP contribution in [0.5, 0.6) is 0 Å². The maximum absolute atomic E-state index is 11.7. The van der Waals surface area contributed by atoms with Gasteiger partial charge in [0.25, 0.3) is 0 Å². The van der Waals surface area contributed by atoms with E-state index in [4.69, 9.17) is 4.74 Å². The summed E-state index contributed by atoms with van der Waals surface area (Å²) in [6.07, 6.45) is 0. The highest BCUT2D eigenvalue weighted by Gasteiger charge is 2.25. The second kappa shape index (κ2) is 8.21. The van der Waals surface area contributed by atoms with Crippen LogP contribution in [0.15, 0.2) is 0 Å². The molecule has 0 aromatic rings. The Labute approximate surface area is 121 Å². The van der Waals surface area contributed by atoms with Gasteiger partial charge in [-0.3, -0.25) is 9.69 Å². The molecule has 1 unspecified atom stereocenters. The van der Waals surface area contributed by atoms with E-state index in [-0.39, 0.29) is 11.9 Å². The molecule has 0 radical (unpaired) electrons. The van der Waals surface area contributed by atoms with E-state index in [0.717, 1.165) is 32.7 Å². The molecule has 1 rings (SSSR count). The standard InChI is InChI=1S/C14H27N3O3/c1-11(2)9-16-5-7-17(8-6-16)10-13(14(19)20-4)15-12(3)18/h11,13H,5-10H2,1-4H3,(H,15,18). The number of hydrogen-bond donors (Lipinski definition) is 1. The van der Waals surface area contributed by atoms with Crippen LogP contribution in [0.1, 0.15) is 20.8 Å². The summed E-state index contributed by atoms with van der Waals surface area (Å²) in [4.78, 5) is 27.4. The number of esters is 1. The summed E-state index contributed by atoms with van der Waals surface area (Å²) in [5.74, 6) is 0.0763. The first-order valence-corrected chi connectivity index (χ1v) is 7.22. The van der Waals surface area contributed by atoms with Crippen LogP contribution >= 0.6 is 0 Å². The molecule has 1 fully saturated rings. The van der Waals surface area contributed by atoms with Gasteiger partial charge in [0.1, 0.15) is 6.04 Å². The van der Waals surface area contributed by atoms with Crippen LogP contribution in [0.2, 0.25) is 0 Å². The van der Waals surface area contributed by atoms with Crippen molar-refractivity contribution in [2.24, 2.45) is 5.92 Å². The van der Waals surface area contributed by atoms with Gasteiger partial charge < -0.3 is 15.0 Å². The molecule has 0 bridgehead atoms. The first kappa shape index (κ1) is 16.9. The van der Waals surface area contributed by atoms with Crippen molar-refractivity contribution >= 4 is 11.9 Å². The molecule has 1 saturated heterocycles. The van der Waals surface area contributed by atoms with Gasteiger partial charge in [0.2, 0.25) is 5.91 Å². The van der Waals surface area contributed by atoms with Crippen LogP contribution < -0.4 is 5.32 Å². The maximum atomic E-state index is 11.7. The number of hydrogen-bond acceptors (Lipinski definition) is 5. The van der Waals surface area contributed by atoms with Gasteiger partial charge in [0.05, 0.1) is 7.11 Å². The van der Waals surface area contributed by atoms with E-state index in [1.54, 1.807) is 0 Å². The Morgan fingerprint density at radius 2 is 1.60 bits per heavy atom. The van der Waals surface area contributed by atoms with Crippen molar-refractivity contribution in [2.75, 3.05) is 46.4 Å². The highest BCUT2D eigenvalue weighted by molar-refractivity contribution is 5.83. The molecule has 0 spiro atoms. The molecule has 0 aromatic carbocycles. The van der Waals surface area contributed by atoms with Crippen molar-refractivity contribution in [3.63, 3.8) is 0 Å². The van der Waals surface area contributed by atoms with E-state index in [1.165, 1.54) is 14.0 Å². The highest BCUT2D eigenvalue weighted by atomic mass is 16.5. The van der Waals surface area contributed by atoms with Crippen molar-refractivity contribution in [1.82, 2.24) is 15.1 Å². The molecule has 0 aromatic heterocycles. The smallest absolute Gasteiger partial charge is 0.329 e. The average molecular weight is 285 g/mol. The first-order chi connectivity index (χ1) is 9.42.